The van der Waals surface area contributed by atoms with E-state index in [1.165, 1.54) is 0 Å². The maximum absolute atomic E-state index is 14.3. The van der Waals surface area contributed by atoms with Crippen molar-refractivity contribution < 1.29 is 86.1 Å². The molecule has 18 heteroatoms. The number of rotatable bonds is 15. The van der Waals surface area contributed by atoms with Crippen LogP contribution in [0.5, 0.6) is 23.0 Å². The molecule has 0 unspecified atom stereocenters. The van der Waals surface area contributed by atoms with Crippen LogP contribution in [-0.4, -0.2) is 81.6 Å². The highest BCUT2D eigenvalue weighted by Crippen LogP contribution is 2.57. The smallest absolute Gasteiger partial charge is 0.411 e. The summed E-state index contributed by atoms with van der Waals surface area (Å²) in [5.74, 6) is -1.40. The number of ether oxygens (including phenoxy) is 4. The van der Waals surface area contributed by atoms with E-state index in [0.717, 1.165) is 11.1 Å². The summed E-state index contributed by atoms with van der Waals surface area (Å²) in [6.45, 7) is -3.38. The first-order valence-corrected chi connectivity index (χ1v) is 16.8. The number of aliphatic hydroxyl groups excluding tert-OH is 4. The van der Waals surface area contributed by atoms with Crippen molar-refractivity contribution in [3.63, 3.8) is 0 Å². The molecular formula is C39H44F6O12. The number of phenolic OH excluding ortho intramolecular Hbond substituents is 2. The summed E-state index contributed by atoms with van der Waals surface area (Å²) < 4.78 is 107. The lowest BCUT2D eigenvalue weighted by Gasteiger charge is -2.39. The second-order valence-electron chi connectivity index (χ2n) is 12.7. The Morgan fingerprint density at radius 1 is 0.386 bits per heavy atom. The Kier molecular flexibility index (Phi) is 16.1. The average Bonchev–Trinajstić information content (AvgIpc) is 3.15. The highest BCUT2D eigenvalue weighted by atomic mass is 19.4. The zero-order chi connectivity index (χ0) is 42.9. The molecule has 0 spiro atoms. The maximum Gasteiger partial charge on any atom is 0.411 e. The zero-order valence-corrected chi connectivity index (χ0v) is 31.3. The largest absolute Gasteiger partial charge is 0.507 e. The van der Waals surface area contributed by atoms with E-state index in [-0.39, 0.29) is 37.9 Å². The summed E-state index contributed by atoms with van der Waals surface area (Å²) in [6.07, 6.45) is -12.1. The van der Waals surface area contributed by atoms with Crippen molar-refractivity contribution in [1.29, 1.82) is 0 Å². The first-order valence-electron chi connectivity index (χ1n) is 16.8. The molecule has 12 nitrogen and oxygen atoms in total. The molecule has 0 saturated carbocycles. The molecule has 8 N–H and O–H groups in total. The molecular weight excluding hydrogens is 774 g/mol. The topological polar surface area (TPSA) is 199 Å². The minimum atomic E-state index is -6.06. The molecule has 0 bridgehead atoms. The molecule has 0 radical (unpaired) electrons. The van der Waals surface area contributed by atoms with E-state index in [2.05, 4.69) is 0 Å². The van der Waals surface area contributed by atoms with E-state index < -0.39 is 89.1 Å². The Labute approximate surface area is 323 Å². The number of alkyl halides is 6. The number of methoxy groups -OCH3 is 4. The van der Waals surface area contributed by atoms with Gasteiger partial charge in [-0.05, 0) is 70.8 Å². The van der Waals surface area contributed by atoms with Crippen LogP contribution in [0.1, 0.15) is 55.6 Å². The minimum absolute atomic E-state index is 0.172. The predicted molar refractivity (Wildman–Crippen MR) is 191 cm³/mol. The van der Waals surface area contributed by atoms with Gasteiger partial charge in [-0.25, -0.2) is 0 Å². The number of aromatic hydroxyl groups is 4. The van der Waals surface area contributed by atoms with E-state index in [9.17, 15) is 67.2 Å². The third-order valence-electron chi connectivity index (χ3n) is 9.00. The van der Waals surface area contributed by atoms with E-state index in [0.29, 0.717) is 46.5 Å². The van der Waals surface area contributed by atoms with Crippen molar-refractivity contribution in [3.8, 4) is 34.1 Å². The van der Waals surface area contributed by atoms with Gasteiger partial charge in [-0.2, -0.15) is 26.3 Å². The van der Waals surface area contributed by atoms with Crippen molar-refractivity contribution in [3.05, 3.63) is 104 Å². The fourth-order valence-electron chi connectivity index (χ4n) is 6.33. The Bertz CT molecular complexity index is 1740. The van der Waals surface area contributed by atoms with E-state index in [1.807, 2.05) is 24.3 Å². The van der Waals surface area contributed by atoms with Crippen LogP contribution in [-0.2, 0) is 77.2 Å². The SMILES string of the molecule is COCc1cc(-c2cc(COC)c(O)c(COC)c2)cc(COC)c1O.OCc1cc(C(c2cc(CO)c(O)c(CO)c2)(C(F)(F)F)C(F)(F)F)cc(CO)c1O. The molecule has 314 valence electrons. The van der Waals surface area contributed by atoms with Crippen LogP contribution in [0, 0.1) is 0 Å². The highest BCUT2D eigenvalue weighted by Gasteiger charge is 2.72. The van der Waals surface area contributed by atoms with Crippen molar-refractivity contribution in [2.45, 2.75) is 70.6 Å². The first kappa shape index (κ1) is 46.7. The molecule has 0 aliphatic carbocycles. The van der Waals surface area contributed by atoms with Gasteiger partial charge in [0.2, 0.25) is 5.41 Å². The quantitative estimate of drug-likeness (QED) is 0.0670. The normalized spacial score (nSPS) is 12.1. The number of halogens is 6. The molecule has 4 aromatic carbocycles. The summed E-state index contributed by atoms with van der Waals surface area (Å²) >= 11 is 0. The molecule has 0 aromatic heterocycles. The molecule has 0 amide bonds. The van der Waals surface area contributed by atoms with Gasteiger partial charge >= 0.3 is 12.4 Å². The lowest BCUT2D eigenvalue weighted by atomic mass is 9.71. The van der Waals surface area contributed by atoms with E-state index >= 15 is 0 Å². The lowest BCUT2D eigenvalue weighted by molar-refractivity contribution is -0.288. The second kappa shape index (κ2) is 19.7. The van der Waals surface area contributed by atoms with Crippen molar-refractivity contribution >= 4 is 0 Å². The number of benzene rings is 4. The Morgan fingerprint density at radius 2 is 0.596 bits per heavy atom. The first-order chi connectivity index (χ1) is 26.8. The highest BCUT2D eigenvalue weighted by molar-refractivity contribution is 5.70. The molecule has 0 fully saturated rings. The van der Waals surface area contributed by atoms with Gasteiger partial charge in [0.15, 0.2) is 0 Å². The lowest BCUT2D eigenvalue weighted by Crippen LogP contribution is -2.55. The van der Waals surface area contributed by atoms with Gasteiger partial charge in [-0.3, -0.25) is 0 Å². The molecule has 0 aliphatic rings. The third-order valence-corrected chi connectivity index (χ3v) is 9.00. The van der Waals surface area contributed by atoms with Crippen LogP contribution in [0.2, 0.25) is 0 Å². The summed E-state index contributed by atoms with van der Waals surface area (Å²) in [5, 5.41) is 77.8. The fourth-order valence-corrected chi connectivity index (χ4v) is 6.33. The third kappa shape index (κ3) is 9.73. The summed E-state index contributed by atoms with van der Waals surface area (Å²) in [7, 11) is 6.32. The van der Waals surface area contributed by atoms with Crippen LogP contribution < -0.4 is 0 Å². The summed E-state index contributed by atoms with van der Waals surface area (Å²) in [6, 6.07) is 8.71. The van der Waals surface area contributed by atoms with Crippen LogP contribution >= 0.6 is 0 Å². The zero-order valence-electron chi connectivity index (χ0n) is 31.3. The molecule has 4 aromatic rings. The van der Waals surface area contributed by atoms with E-state index in [1.54, 1.807) is 28.4 Å². The molecule has 0 heterocycles. The Morgan fingerprint density at radius 3 is 0.772 bits per heavy atom. The van der Waals surface area contributed by atoms with Crippen LogP contribution in [0.3, 0.4) is 0 Å². The van der Waals surface area contributed by atoms with Gasteiger partial charge in [-0.15, -0.1) is 0 Å². The summed E-state index contributed by atoms with van der Waals surface area (Å²) in [4.78, 5) is 0. The van der Waals surface area contributed by atoms with E-state index in [4.69, 9.17) is 18.9 Å². The van der Waals surface area contributed by atoms with Crippen LogP contribution in [0.15, 0.2) is 48.5 Å². The molecule has 4 rings (SSSR count). The number of hydrogen-bond acceptors (Lipinski definition) is 12. The van der Waals surface area contributed by atoms with Gasteiger partial charge in [-0.1, -0.05) is 0 Å². The maximum atomic E-state index is 14.3. The van der Waals surface area contributed by atoms with Gasteiger partial charge in [0, 0.05) is 72.9 Å². The minimum Gasteiger partial charge on any atom is -0.507 e. The van der Waals surface area contributed by atoms with Gasteiger partial charge < -0.3 is 59.8 Å². The second-order valence-corrected chi connectivity index (χ2v) is 12.7. The molecule has 0 aliphatic heterocycles. The van der Waals surface area contributed by atoms with Crippen molar-refractivity contribution in [2.75, 3.05) is 28.4 Å². The Balaban J connectivity index is 0.000000310. The standard InChI is InChI=1S/C20H26O6.C19H18F6O6/c1-23-9-15-5-13(6-16(10-24-2)19(15)21)14-7-17(11-25-3)20(22)18(8-14)12-26-4;20-18(21,22)17(19(23,24)25,13-1-9(5-26)15(30)10(2-13)6-27)14-3-11(7-28)16(31)12(4-14)8-29/h5-8,21-22H,9-12H2,1-4H3;1-4,26-31H,5-8H2. The molecule has 0 atom stereocenters. The summed E-state index contributed by atoms with van der Waals surface area (Å²) in [5.41, 5.74) is -6.01. The van der Waals surface area contributed by atoms with Gasteiger partial charge in [0.25, 0.3) is 0 Å². The number of aliphatic hydroxyl groups is 4. The van der Waals surface area contributed by atoms with Crippen LogP contribution in [0.4, 0.5) is 26.3 Å². The average molecular weight is 819 g/mol. The van der Waals surface area contributed by atoms with Gasteiger partial charge in [0.05, 0.1) is 52.9 Å². The fraction of sp³-hybridized carbons (Fsp3) is 0.385. The molecule has 57 heavy (non-hydrogen) atoms. The van der Waals surface area contributed by atoms with Crippen molar-refractivity contribution in [1.82, 2.24) is 0 Å². The monoisotopic (exact) mass is 818 g/mol. The number of hydrogen-bond donors (Lipinski definition) is 8. The predicted octanol–water partition coefficient (Wildman–Crippen LogP) is 5.83. The molecule has 0 saturated heterocycles. The van der Waals surface area contributed by atoms with Gasteiger partial charge in [0.1, 0.15) is 23.0 Å². The Hall–Kier alpha value is -4.66. The van der Waals surface area contributed by atoms with Crippen molar-refractivity contribution in [2.24, 2.45) is 0 Å². The number of phenols is 4. The van der Waals surface area contributed by atoms with Crippen LogP contribution in [0.25, 0.3) is 11.1 Å².